The van der Waals surface area contributed by atoms with Crippen LogP contribution in [0, 0.1) is 0 Å². The van der Waals surface area contributed by atoms with Crippen LogP contribution in [0.1, 0.15) is 22.0 Å². The number of fused-ring (bicyclic) bond motifs is 1. The van der Waals surface area contributed by atoms with Crippen molar-refractivity contribution in [2.75, 3.05) is 27.9 Å². The standard InChI is InChI=1S/C20H22N2O5/c1-25-17-9-14(10-18(26-2)19(17)27-3)16(23)11-22-20(24)13-4-5-15-12(8-13)6-7-21-15/h4-10,16,21,23H,11H2,1-3H3,(H,22,24). The molecule has 0 aliphatic heterocycles. The molecule has 0 fully saturated rings. The SMILES string of the molecule is COc1cc(C(O)CNC(=O)c2ccc3[nH]ccc3c2)cc(OC)c1OC. The van der Waals surface area contributed by atoms with Gasteiger partial charge < -0.3 is 29.6 Å². The van der Waals surface area contributed by atoms with E-state index in [1.165, 1.54) is 21.3 Å². The summed E-state index contributed by atoms with van der Waals surface area (Å²) in [5, 5.41) is 14.2. The van der Waals surface area contributed by atoms with Crippen molar-refractivity contribution in [2.45, 2.75) is 6.10 Å². The summed E-state index contributed by atoms with van der Waals surface area (Å²) in [4.78, 5) is 15.5. The summed E-state index contributed by atoms with van der Waals surface area (Å²) in [6.07, 6.45) is 0.888. The van der Waals surface area contributed by atoms with Gasteiger partial charge in [-0.05, 0) is 42.0 Å². The third kappa shape index (κ3) is 3.83. The molecule has 27 heavy (non-hydrogen) atoms. The van der Waals surface area contributed by atoms with Gasteiger partial charge in [0, 0.05) is 29.2 Å². The maximum atomic E-state index is 12.4. The number of hydrogen-bond acceptors (Lipinski definition) is 5. The molecule has 2 aromatic carbocycles. The number of rotatable bonds is 7. The van der Waals surface area contributed by atoms with Gasteiger partial charge in [0.05, 0.1) is 27.4 Å². The fourth-order valence-electron chi connectivity index (χ4n) is 2.90. The predicted octanol–water partition coefficient (Wildman–Crippen LogP) is 2.66. The van der Waals surface area contributed by atoms with Crippen LogP contribution in [0.5, 0.6) is 17.2 Å². The number of carbonyl (C=O) groups is 1. The van der Waals surface area contributed by atoms with E-state index in [0.29, 0.717) is 28.4 Å². The van der Waals surface area contributed by atoms with E-state index in [9.17, 15) is 9.90 Å². The van der Waals surface area contributed by atoms with Gasteiger partial charge in [0.25, 0.3) is 5.91 Å². The largest absolute Gasteiger partial charge is 0.493 e. The number of aromatic nitrogens is 1. The van der Waals surface area contributed by atoms with Crippen LogP contribution in [0.2, 0.25) is 0 Å². The van der Waals surface area contributed by atoms with Gasteiger partial charge in [0.1, 0.15) is 0 Å². The lowest BCUT2D eigenvalue weighted by molar-refractivity contribution is 0.0916. The Bertz CT molecular complexity index is 925. The number of carbonyl (C=O) groups excluding carboxylic acids is 1. The lowest BCUT2D eigenvalue weighted by atomic mass is 10.1. The first-order valence-electron chi connectivity index (χ1n) is 8.40. The second-order valence-electron chi connectivity index (χ2n) is 5.96. The second-order valence-corrected chi connectivity index (χ2v) is 5.96. The van der Waals surface area contributed by atoms with Crippen LogP contribution < -0.4 is 19.5 Å². The number of ether oxygens (including phenoxy) is 3. The Morgan fingerprint density at radius 1 is 1.07 bits per heavy atom. The molecule has 1 atom stereocenters. The molecule has 1 amide bonds. The second kappa shape index (κ2) is 8.01. The first-order chi connectivity index (χ1) is 13.1. The van der Waals surface area contributed by atoms with Crippen LogP contribution >= 0.6 is 0 Å². The van der Waals surface area contributed by atoms with E-state index < -0.39 is 6.10 Å². The summed E-state index contributed by atoms with van der Waals surface area (Å²) < 4.78 is 15.9. The van der Waals surface area contributed by atoms with Crippen molar-refractivity contribution < 1.29 is 24.1 Å². The van der Waals surface area contributed by atoms with Gasteiger partial charge in [-0.25, -0.2) is 0 Å². The highest BCUT2D eigenvalue weighted by atomic mass is 16.5. The Labute approximate surface area is 156 Å². The summed E-state index contributed by atoms with van der Waals surface area (Å²) in [6.45, 7) is 0.0443. The predicted molar refractivity (Wildman–Crippen MR) is 102 cm³/mol. The summed E-state index contributed by atoms with van der Waals surface area (Å²) in [6, 6.07) is 10.6. The van der Waals surface area contributed by atoms with Gasteiger partial charge in [-0.2, -0.15) is 0 Å². The smallest absolute Gasteiger partial charge is 0.251 e. The third-order valence-corrected chi connectivity index (χ3v) is 4.34. The Balaban J connectivity index is 1.73. The number of aliphatic hydroxyl groups excluding tert-OH is 1. The normalized spacial score (nSPS) is 11.9. The number of amides is 1. The van der Waals surface area contributed by atoms with E-state index in [-0.39, 0.29) is 12.5 Å². The van der Waals surface area contributed by atoms with Crippen molar-refractivity contribution in [3.63, 3.8) is 0 Å². The van der Waals surface area contributed by atoms with Crippen LogP contribution in [-0.4, -0.2) is 43.9 Å². The first-order valence-corrected chi connectivity index (χ1v) is 8.40. The molecular formula is C20H22N2O5. The number of methoxy groups -OCH3 is 3. The van der Waals surface area contributed by atoms with Gasteiger partial charge in [0.15, 0.2) is 11.5 Å². The number of hydrogen-bond donors (Lipinski definition) is 3. The lowest BCUT2D eigenvalue weighted by Gasteiger charge is -2.17. The number of benzene rings is 2. The molecule has 0 spiro atoms. The molecule has 7 heteroatoms. The van der Waals surface area contributed by atoms with E-state index in [1.807, 2.05) is 18.3 Å². The highest BCUT2D eigenvalue weighted by Gasteiger charge is 2.18. The maximum absolute atomic E-state index is 12.4. The van der Waals surface area contributed by atoms with E-state index in [0.717, 1.165) is 10.9 Å². The highest BCUT2D eigenvalue weighted by molar-refractivity contribution is 5.98. The average Bonchev–Trinajstić information content (AvgIpc) is 3.18. The topological polar surface area (TPSA) is 92.8 Å². The first kappa shape index (κ1) is 18.6. The minimum atomic E-state index is -0.932. The average molecular weight is 370 g/mol. The van der Waals surface area contributed by atoms with Gasteiger partial charge in [-0.3, -0.25) is 4.79 Å². The molecule has 3 aromatic rings. The number of H-pyrrole nitrogens is 1. The van der Waals surface area contributed by atoms with Gasteiger partial charge in [-0.15, -0.1) is 0 Å². The van der Waals surface area contributed by atoms with Crippen LogP contribution in [-0.2, 0) is 0 Å². The van der Waals surface area contributed by atoms with Crippen molar-refractivity contribution in [1.29, 1.82) is 0 Å². The van der Waals surface area contributed by atoms with Crippen LogP contribution in [0.25, 0.3) is 10.9 Å². The van der Waals surface area contributed by atoms with Crippen molar-refractivity contribution in [3.8, 4) is 17.2 Å². The minimum Gasteiger partial charge on any atom is -0.493 e. The van der Waals surface area contributed by atoms with E-state index in [1.54, 1.807) is 24.3 Å². The third-order valence-electron chi connectivity index (χ3n) is 4.34. The molecule has 0 bridgehead atoms. The van der Waals surface area contributed by atoms with Crippen molar-refractivity contribution in [1.82, 2.24) is 10.3 Å². The summed E-state index contributed by atoms with van der Waals surface area (Å²) >= 11 is 0. The Morgan fingerprint density at radius 3 is 2.41 bits per heavy atom. The molecule has 3 N–H and O–H groups in total. The zero-order valence-electron chi connectivity index (χ0n) is 15.4. The van der Waals surface area contributed by atoms with Crippen LogP contribution in [0.3, 0.4) is 0 Å². The zero-order valence-corrected chi connectivity index (χ0v) is 15.4. The maximum Gasteiger partial charge on any atom is 0.251 e. The Morgan fingerprint density at radius 2 is 1.78 bits per heavy atom. The monoisotopic (exact) mass is 370 g/mol. The van der Waals surface area contributed by atoms with Crippen LogP contribution in [0.15, 0.2) is 42.6 Å². The fraction of sp³-hybridized carbons (Fsp3) is 0.250. The van der Waals surface area contributed by atoms with Gasteiger partial charge in [-0.1, -0.05) is 0 Å². The quantitative estimate of drug-likeness (QED) is 0.595. The molecule has 0 aliphatic carbocycles. The van der Waals surface area contributed by atoms with Gasteiger partial charge in [0.2, 0.25) is 5.75 Å². The molecular weight excluding hydrogens is 348 g/mol. The van der Waals surface area contributed by atoms with E-state index in [2.05, 4.69) is 10.3 Å². The molecule has 0 saturated carbocycles. The molecule has 0 radical (unpaired) electrons. The molecule has 7 nitrogen and oxygen atoms in total. The van der Waals surface area contributed by atoms with Gasteiger partial charge >= 0.3 is 0 Å². The summed E-state index contributed by atoms with van der Waals surface area (Å²) in [5.74, 6) is 1.06. The zero-order chi connectivity index (χ0) is 19.4. The molecule has 1 aromatic heterocycles. The van der Waals surface area contributed by atoms with Crippen molar-refractivity contribution in [2.24, 2.45) is 0 Å². The van der Waals surface area contributed by atoms with E-state index in [4.69, 9.17) is 14.2 Å². The number of nitrogens with one attached hydrogen (secondary N) is 2. The van der Waals surface area contributed by atoms with Crippen molar-refractivity contribution >= 4 is 16.8 Å². The van der Waals surface area contributed by atoms with Crippen LogP contribution in [0.4, 0.5) is 0 Å². The molecule has 0 aliphatic rings. The Hall–Kier alpha value is -3.19. The fourth-order valence-corrected chi connectivity index (χ4v) is 2.90. The Kier molecular flexibility index (Phi) is 5.52. The summed E-state index contributed by atoms with van der Waals surface area (Å²) in [7, 11) is 4.52. The number of aliphatic hydroxyl groups is 1. The molecule has 0 saturated heterocycles. The molecule has 142 valence electrons. The molecule has 1 unspecified atom stereocenters. The minimum absolute atomic E-state index is 0.0443. The molecule has 3 rings (SSSR count). The molecule has 1 heterocycles. The van der Waals surface area contributed by atoms with Crippen molar-refractivity contribution in [3.05, 3.63) is 53.7 Å². The summed E-state index contributed by atoms with van der Waals surface area (Å²) in [5.41, 5.74) is 2.04. The number of aromatic amines is 1. The lowest BCUT2D eigenvalue weighted by Crippen LogP contribution is -2.28. The highest BCUT2D eigenvalue weighted by Crippen LogP contribution is 2.39. The van der Waals surface area contributed by atoms with E-state index >= 15 is 0 Å².